The predicted molar refractivity (Wildman–Crippen MR) is 132 cm³/mol. The number of nitrogen functional groups attached to an aromatic ring is 2. The van der Waals surface area contributed by atoms with Gasteiger partial charge in [0.2, 0.25) is 5.95 Å². The van der Waals surface area contributed by atoms with Crippen LogP contribution in [0.5, 0.6) is 0 Å². The molecule has 0 aliphatic carbocycles. The lowest BCUT2D eigenvalue weighted by molar-refractivity contribution is -0.0453. The minimum absolute atomic E-state index is 0.0410. The van der Waals surface area contributed by atoms with Crippen LogP contribution in [-0.2, 0) is 30.3 Å². The highest BCUT2D eigenvalue weighted by molar-refractivity contribution is 8.07. The molecule has 3 fully saturated rings. The van der Waals surface area contributed by atoms with Crippen molar-refractivity contribution in [3.05, 3.63) is 28.6 Å². The molecule has 0 aromatic carbocycles. The molecule has 0 radical (unpaired) electrons. The Balaban J connectivity index is 1.22. The summed E-state index contributed by atoms with van der Waals surface area (Å²) in [5, 5.41) is 12.0. The Bertz CT molecular complexity index is 1700. The lowest BCUT2D eigenvalue weighted by Gasteiger charge is -2.28. The van der Waals surface area contributed by atoms with Crippen LogP contribution in [0.1, 0.15) is 30.9 Å². The molecule has 3 unspecified atom stereocenters. The van der Waals surface area contributed by atoms with E-state index in [9.17, 15) is 9.69 Å². The highest BCUT2D eigenvalue weighted by atomic mass is 32.5. The van der Waals surface area contributed by atoms with Gasteiger partial charge >= 0.3 is 6.72 Å². The van der Waals surface area contributed by atoms with Crippen LogP contribution in [-0.4, -0.2) is 80.5 Å². The van der Waals surface area contributed by atoms with Crippen LogP contribution < -0.4 is 17.0 Å². The van der Waals surface area contributed by atoms with E-state index in [1.165, 1.54) is 10.8 Å². The number of hydrogen-bond donors (Lipinski definition) is 4. The molecular weight excluding hydrogens is 560 g/mol. The summed E-state index contributed by atoms with van der Waals surface area (Å²) in [6.45, 7) is -4.07. The van der Waals surface area contributed by atoms with E-state index < -0.39 is 49.1 Å². The summed E-state index contributed by atoms with van der Waals surface area (Å²) in [5.41, 5.74) is 11.8. The number of anilines is 2. The maximum atomic E-state index is 15.9. The van der Waals surface area contributed by atoms with E-state index in [0.717, 1.165) is 4.68 Å². The van der Waals surface area contributed by atoms with Crippen molar-refractivity contribution in [3.63, 3.8) is 0 Å². The van der Waals surface area contributed by atoms with Gasteiger partial charge in [-0.25, -0.2) is 18.9 Å². The average molecular weight is 581 g/mol. The molecule has 2 bridgehead atoms. The zero-order valence-corrected chi connectivity index (χ0v) is 21.5. The Morgan fingerprint density at radius 1 is 1.21 bits per heavy atom. The number of hydrogen-bond acceptors (Lipinski definition) is 14. The Hall–Kier alpha value is -3.19. The van der Waals surface area contributed by atoms with Crippen molar-refractivity contribution in [1.82, 2.24) is 44.5 Å². The monoisotopic (exact) mass is 581 g/mol. The lowest BCUT2D eigenvalue weighted by Crippen LogP contribution is -2.35. The van der Waals surface area contributed by atoms with Gasteiger partial charge in [-0.15, -0.1) is 5.10 Å². The normalized spacial score (nSPS) is 35.0. The first-order valence-electron chi connectivity index (χ1n) is 11.8. The number of halogens is 1. The molecule has 4 aromatic rings. The van der Waals surface area contributed by atoms with Gasteiger partial charge in [0.05, 0.1) is 30.7 Å². The predicted octanol–water partition coefficient (Wildman–Crippen LogP) is -0.479. The maximum absolute atomic E-state index is 15.9. The molecule has 7 rings (SSSR count). The van der Waals surface area contributed by atoms with E-state index in [2.05, 4.69) is 35.3 Å². The zero-order chi connectivity index (χ0) is 27.1. The van der Waals surface area contributed by atoms with Crippen LogP contribution in [0.4, 0.5) is 16.2 Å². The van der Waals surface area contributed by atoms with Crippen LogP contribution >= 0.6 is 6.72 Å². The van der Waals surface area contributed by atoms with Crippen LogP contribution in [0.15, 0.2) is 17.3 Å². The smallest absolute Gasteiger partial charge is 0.325 e. The first kappa shape index (κ1) is 24.8. The molecule has 3 aliphatic heterocycles. The van der Waals surface area contributed by atoms with E-state index in [0.29, 0.717) is 17.8 Å². The van der Waals surface area contributed by atoms with Crippen molar-refractivity contribution in [3.8, 4) is 0 Å². The van der Waals surface area contributed by atoms with E-state index in [4.69, 9.17) is 41.8 Å². The fourth-order valence-electron chi connectivity index (χ4n) is 5.36. The van der Waals surface area contributed by atoms with Crippen LogP contribution in [0.3, 0.4) is 0 Å². The number of alkyl halides is 1. The quantitative estimate of drug-likeness (QED) is 0.219. The molecule has 206 valence electrons. The van der Waals surface area contributed by atoms with Crippen LogP contribution in [0.25, 0.3) is 16.8 Å². The van der Waals surface area contributed by atoms with Crippen molar-refractivity contribution in [2.24, 2.45) is 5.92 Å². The summed E-state index contributed by atoms with van der Waals surface area (Å²) < 4.78 is 42.1. The number of nitrogens with one attached hydrogen (secondary N) is 1. The summed E-state index contributed by atoms with van der Waals surface area (Å²) in [6.07, 6.45) is -2.93. The molecule has 4 aromatic heterocycles. The Kier molecular flexibility index (Phi) is 5.67. The Morgan fingerprint density at radius 3 is 2.90 bits per heavy atom. The van der Waals surface area contributed by atoms with Crippen molar-refractivity contribution in [2.45, 2.75) is 49.7 Å². The van der Waals surface area contributed by atoms with E-state index in [1.807, 2.05) is 0 Å². The van der Waals surface area contributed by atoms with E-state index >= 15 is 4.39 Å². The topological polar surface area (TPSA) is 229 Å². The van der Waals surface area contributed by atoms with Crippen LogP contribution in [0.2, 0.25) is 0 Å². The number of H-pyrrole nitrogens is 1. The van der Waals surface area contributed by atoms with Gasteiger partial charge in [-0.1, -0.05) is 5.21 Å². The molecule has 0 saturated carbocycles. The van der Waals surface area contributed by atoms with Gasteiger partial charge < -0.3 is 30.4 Å². The van der Waals surface area contributed by atoms with Gasteiger partial charge in [-0.3, -0.25) is 14.3 Å². The summed E-state index contributed by atoms with van der Waals surface area (Å²) in [4.78, 5) is 37.7. The number of nitrogens with zero attached hydrogens (tertiary/aromatic N) is 8. The largest absolute Gasteiger partial charge is 0.381 e. The fourth-order valence-corrected chi connectivity index (χ4v) is 6.77. The van der Waals surface area contributed by atoms with Gasteiger partial charge in [0, 0.05) is 0 Å². The number of imidazole rings is 1. The number of aromatic nitrogens is 9. The van der Waals surface area contributed by atoms with Crippen molar-refractivity contribution in [1.29, 1.82) is 0 Å². The highest BCUT2D eigenvalue weighted by Crippen LogP contribution is 2.53. The fraction of sp³-hybridized carbons (Fsp3) is 0.526. The molecule has 7 heterocycles. The third kappa shape index (κ3) is 4.08. The SMILES string of the molecule is Nc1nc2c(nnn2[C@@H]2OC3CC4C[C@H](c5cnc6c(N)ncnn56)O[C@@H]4COP(O)(=S)O[C@@H]2[C@H]3F)c(=O)[nH]1. The van der Waals surface area contributed by atoms with E-state index in [1.54, 1.807) is 6.20 Å². The van der Waals surface area contributed by atoms with Crippen molar-refractivity contribution in [2.75, 3.05) is 18.1 Å². The Labute approximate surface area is 221 Å². The summed E-state index contributed by atoms with van der Waals surface area (Å²) >= 11 is 5.19. The number of rotatable bonds is 2. The second-order valence-electron chi connectivity index (χ2n) is 9.46. The van der Waals surface area contributed by atoms with Gasteiger partial charge in [-0.05, 0) is 30.6 Å². The van der Waals surface area contributed by atoms with Crippen molar-refractivity contribution >= 4 is 47.1 Å². The average Bonchev–Trinajstić information content (AvgIpc) is 3.65. The van der Waals surface area contributed by atoms with Gasteiger partial charge in [-0.2, -0.15) is 14.8 Å². The standard InChI is InChI=1S/C19H21FN11O6PS/c20-11-9-2-6-1-8(7-3-23-16-14(21)24-5-25-30(7)16)35-10(6)4-34-38(33,39)37-13(11)18(36-9)31-15-12(28-29-31)17(32)27-19(22)26-15/h3,5-6,8-11,13,18H,1-2,4H2,(H,33,39)(H2,21,24,25)(H3,22,26,27,32)/t6?,8-,9?,10-,11+,13-,18-,38?/m1/s1. The molecule has 6 N–H and O–H groups in total. The number of aromatic amines is 1. The molecule has 0 spiro atoms. The molecular formula is C19H21FN11O6PS. The highest BCUT2D eigenvalue weighted by Gasteiger charge is 2.53. The summed E-state index contributed by atoms with van der Waals surface area (Å²) in [5.74, 6) is -0.241. The maximum Gasteiger partial charge on any atom is 0.325 e. The number of ether oxygens (including phenoxy) is 2. The minimum atomic E-state index is -3.98. The first-order chi connectivity index (χ1) is 18.7. The Morgan fingerprint density at radius 2 is 2.05 bits per heavy atom. The lowest BCUT2D eigenvalue weighted by atomic mass is 9.91. The van der Waals surface area contributed by atoms with Crippen molar-refractivity contribution < 1.29 is 27.8 Å². The van der Waals surface area contributed by atoms with Gasteiger partial charge in [0.1, 0.15) is 18.5 Å². The molecule has 20 heteroatoms. The molecule has 3 aliphatic rings. The summed E-state index contributed by atoms with van der Waals surface area (Å²) in [6, 6.07) is 0. The van der Waals surface area contributed by atoms with Gasteiger partial charge in [0.25, 0.3) is 5.56 Å². The third-order valence-corrected chi connectivity index (χ3v) is 8.68. The number of nitrogens with two attached hydrogens (primary N) is 2. The second-order valence-corrected chi connectivity index (χ2v) is 12.3. The molecule has 8 atom stereocenters. The first-order valence-corrected chi connectivity index (χ1v) is 14.4. The number of fused-ring (bicyclic) bond motifs is 5. The minimum Gasteiger partial charge on any atom is -0.381 e. The third-order valence-electron chi connectivity index (χ3n) is 7.12. The van der Waals surface area contributed by atoms with E-state index in [-0.39, 0.29) is 41.9 Å². The molecule has 17 nitrogen and oxygen atoms in total. The van der Waals surface area contributed by atoms with Crippen LogP contribution in [0, 0.1) is 5.92 Å². The molecule has 39 heavy (non-hydrogen) atoms. The van der Waals surface area contributed by atoms with Gasteiger partial charge in [0.15, 0.2) is 35.0 Å². The second kappa shape index (κ2) is 8.91. The summed E-state index contributed by atoms with van der Waals surface area (Å²) in [7, 11) is 0. The molecule has 0 amide bonds. The zero-order valence-electron chi connectivity index (χ0n) is 19.8. The molecule has 3 saturated heterocycles.